The molecule has 0 aliphatic rings. The van der Waals surface area contributed by atoms with Crippen LogP contribution >= 0.6 is 0 Å². The lowest BCUT2D eigenvalue weighted by Gasteiger charge is -2.31. The quantitative estimate of drug-likeness (QED) is 0.700. The minimum Gasteiger partial charge on any atom is -0.481 e. The summed E-state index contributed by atoms with van der Waals surface area (Å²) in [5.41, 5.74) is 1.11. The molecular weight excluding hydrogens is 250 g/mol. The van der Waals surface area contributed by atoms with Gasteiger partial charge in [0.1, 0.15) is 0 Å². The van der Waals surface area contributed by atoms with Crippen molar-refractivity contribution in [1.29, 1.82) is 0 Å². The highest BCUT2D eigenvalue weighted by Gasteiger charge is 2.22. The lowest BCUT2D eigenvalue weighted by Crippen LogP contribution is -2.32. The molecule has 112 valence electrons. The minimum atomic E-state index is -0.725. The number of carbonyl (C=O) groups is 1. The largest absolute Gasteiger partial charge is 0.481 e. The first kappa shape index (κ1) is 16.7. The van der Waals surface area contributed by atoms with Gasteiger partial charge in [-0.1, -0.05) is 57.0 Å². The maximum Gasteiger partial charge on any atom is 0.305 e. The number of aliphatic carboxylic acids is 1. The molecule has 0 bridgehead atoms. The van der Waals surface area contributed by atoms with E-state index in [-0.39, 0.29) is 12.5 Å². The van der Waals surface area contributed by atoms with E-state index in [0.29, 0.717) is 0 Å². The summed E-state index contributed by atoms with van der Waals surface area (Å²) in [6.07, 6.45) is 4.69. The fraction of sp³-hybridized carbons (Fsp3) is 0.588. The van der Waals surface area contributed by atoms with Crippen LogP contribution in [0.3, 0.4) is 0 Å². The van der Waals surface area contributed by atoms with Crippen LogP contribution in [0.4, 0.5) is 0 Å². The van der Waals surface area contributed by atoms with Crippen molar-refractivity contribution in [2.24, 2.45) is 0 Å². The maximum atomic E-state index is 11.2. The van der Waals surface area contributed by atoms with Crippen molar-refractivity contribution in [2.45, 2.75) is 52.0 Å². The van der Waals surface area contributed by atoms with Crippen molar-refractivity contribution in [2.75, 3.05) is 13.1 Å². The summed E-state index contributed by atoms with van der Waals surface area (Å²) in [5.74, 6) is -0.725. The Morgan fingerprint density at radius 2 is 1.65 bits per heavy atom. The highest BCUT2D eigenvalue weighted by Crippen LogP contribution is 2.25. The number of carboxylic acid groups (broad SMARTS) is 1. The molecule has 20 heavy (non-hydrogen) atoms. The number of hydrogen-bond donors (Lipinski definition) is 1. The maximum absolute atomic E-state index is 11.2. The number of hydrogen-bond acceptors (Lipinski definition) is 2. The third kappa shape index (κ3) is 5.74. The van der Waals surface area contributed by atoms with Crippen LogP contribution in [-0.2, 0) is 4.79 Å². The Bertz CT molecular complexity index is 370. The molecule has 1 rings (SSSR count). The third-order valence-electron chi connectivity index (χ3n) is 3.59. The number of rotatable bonds is 10. The fourth-order valence-electron chi connectivity index (χ4n) is 2.44. The summed E-state index contributed by atoms with van der Waals surface area (Å²) in [5, 5.41) is 9.22. The van der Waals surface area contributed by atoms with Gasteiger partial charge in [-0.05, 0) is 31.5 Å². The molecule has 0 fully saturated rings. The molecule has 0 saturated heterocycles. The van der Waals surface area contributed by atoms with E-state index < -0.39 is 5.97 Å². The first-order valence-electron chi connectivity index (χ1n) is 7.69. The number of benzene rings is 1. The Balaban J connectivity index is 2.87. The van der Waals surface area contributed by atoms with Crippen LogP contribution in [0.15, 0.2) is 30.3 Å². The average molecular weight is 277 g/mol. The van der Waals surface area contributed by atoms with Gasteiger partial charge in [-0.15, -0.1) is 0 Å². The summed E-state index contributed by atoms with van der Waals surface area (Å²) in [7, 11) is 0. The Labute approximate surface area is 122 Å². The van der Waals surface area contributed by atoms with E-state index in [4.69, 9.17) is 0 Å². The number of nitrogens with zero attached hydrogens (tertiary/aromatic N) is 1. The standard InChI is InChI=1S/C17H27NO2/c1-3-5-12-18(13-6-4-2)16(14-17(19)20)15-10-8-7-9-11-15/h7-11,16H,3-6,12-14H2,1-2H3,(H,19,20). The Morgan fingerprint density at radius 1 is 1.10 bits per heavy atom. The predicted molar refractivity (Wildman–Crippen MR) is 82.8 cm³/mol. The Kier molecular flexibility index (Phi) is 7.97. The van der Waals surface area contributed by atoms with Crippen LogP contribution in [0.1, 0.15) is 57.6 Å². The van der Waals surface area contributed by atoms with E-state index in [1.165, 1.54) is 0 Å². The van der Waals surface area contributed by atoms with Crippen LogP contribution in [0, 0.1) is 0 Å². The molecule has 0 spiro atoms. The highest BCUT2D eigenvalue weighted by molar-refractivity contribution is 5.67. The molecule has 0 aromatic heterocycles. The summed E-state index contributed by atoms with van der Waals surface area (Å²) < 4.78 is 0. The van der Waals surface area contributed by atoms with Gasteiger partial charge < -0.3 is 5.11 Å². The van der Waals surface area contributed by atoms with Crippen molar-refractivity contribution in [1.82, 2.24) is 4.90 Å². The monoisotopic (exact) mass is 277 g/mol. The van der Waals surface area contributed by atoms with Crippen LogP contribution in [0.25, 0.3) is 0 Å². The molecule has 3 nitrogen and oxygen atoms in total. The molecule has 0 radical (unpaired) electrons. The fourth-order valence-corrected chi connectivity index (χ4v) is 2.44. The summed E-state index contributed by atoms with van der Waals surface area (Å²) in [6.45, 7) is 6.30. The zero-order valence-electron chi connectivity index (χ0n) is 12.7. The van der Waals surface area contributed by atoms with Crippen molar-refractivity contribution in [3.8, 4) is 0 Å². The summed E-state index contributed by atoms with van der Waals surface area (Å²) >= 11 is 0. The van der Waals surface area contributed by atoms with Crippen molar-refractivity contribution in [3.05, 3.63) is 35.9 Å². The van der Waals surface area contributed by atoms with Gasteiger partial charge in [0.2, 0.25) is 0 Å². The van der Waals surface area contributed by atoms with E-state index in [1.54, 1.807) is 0 Å². The van der Waals surface area contributed by atoms with Gasteiger partial charge >= 0.3 is 5.97 Å². The molecule has 1 unspecified atom stereocenters. The van der Waals surface area contributed by atoms with Crippen LogP contribution in [-0.4, -0.2) is 29.1 Å². The molecule has 3 heteroatoms. The zero-order chi connectivity index (χ0) is 14.8. The van der Waals surface area contributed by atoms with Crippen molar-refractivity contribution in [3.63, 3.8) is 0 Å². The van der Waals surface area contributed by atoms with Crippen LogP contribution in [0.2, 0.25) is 0 Å². The number of unbranched alkanes of at least 4 members (excludes halogenated alkanes) is 2. The second-order valence-electron chi connectivity index (χ2n) is 5.27. The normalized spacial score (nSPS) is 12.6. The molecular formula is C17H27NO2. The number of carboxylic acids is 1. The van der Waals surface area contributed by atoms with E-state index in [1.807, 2.05) is 30.3 Å². The van der Waals surface area contributed by atoms with Gasteiger partial charge in [0.15, 0.2) is 0 Å². The third-order valence-corrected chi connectivity index (χ3v) is 3.59. The molecule has 1 N–H and O–H groups in total. The molecule has 0 heterocycles. The van der Waals surface area contributed by atoms with Gasteiger partial charge in [-0.3, -0.25) is 9.69 Å². The van der Waals surface area contributed by atoms with Crippen molar-refractivity contribution >= 4 is 5.97 Å². The molecule has 1 atom stereocenters. The van der Waals surface area contributed by atoms with Gasteiger partial charge in [0, 0.05) is 6.04 Å². The van der Waals surface area contributed by atoms with E-state index in [0.717, 1.165) is 44.3 Å². The SMILES string of the molecule is CCCCN(CCCC)C(CC(=O)O)c1ccccc1. The lowest BCUT2D eigenvalue weighted by molar-refractivity contribution is -0.138. The van der Waals surface area contributed by atoms with E-state index >= 15 is 0 Å². The first-order chi connectivity index (χ1) is 9.69. The lowest BCUT2D eigenvalue weighted by atomic mass is 10.0. The van der Waals surface area contributed by atoms with E-state index in [2.05, 4.69) is 18.7 Å². The van der Waals surface area contributed by atoms with Crippen LogP contribution in [0.5, 0.6) is 0 Å². The van der Waals surface area contributed by atoms with Gasteiger partial charge in [0.05, 0.1) is 6.42 Å². The average Bonchev–Trinajstić information content (AvgIpc) is 2.46. The highest BCUT2D eigenvalue weighted by atomic mass is 16.4. The summed E-state index contributed by atoms with van der Waals surface area (Å²) in [6, 6.07) is 10.0. The molecule has 0 aliphatic carbocycles. The summed E-state index contributed by atoms with van der Waals surface area (Å²) in [4.78, 5) is 13.6. The Hall–Kier alpha value is -1.35. The molecule has 0 amide bonds. The van der Waals surface area contributed by atoms with Crippen LogP contribution < -0.4 is 0 Å². The van der Waals surface area contributed by atoms with Gasteiger partial charge in [-0.2, -0.15) is 0 Å². The van der Waals surface area contributed by atoms with Gasteiger partial charge in [-0.25, -0.2) is 0 Å². The Morgan fingerprint density at radius 3 is 2.10 bits per heavy atom. The zero-order valence-corrected chi connectivity index (χ0v) is 12.7. The molecule has 0 aliphatic heterocycles. The molecule has 1 aromatic carbocycles. The first-order valence-corrected chi connectivity index (χ1v) is 7.69. The second kappa shape index (κ2) is 9.54. The second-order valence-corrected chi connectivity index (χ2v) is 5.27. The molecule has 0 saturated carbocycles. The predicted octanol–water partition coefficient (Wildman–Crippen LogP) is 4.10. The van der Waals surface area contributed by atoms with Crippen molar-refractivity contribution < 1.29 is 9.90 Å². The van der Waals surface area contributed by atoms with Gasteiger partial charge in [0.25, 0.3) is 0 Å². The molecule has 1 aromatic rings. The minimum absolute atomic E-state index is 0.00759. The van der Waals surface area contributed by atoms with E-state index in [9.17, 15) is 9.90 Å². The topological polar surface area (TPSA) is 40.5 Å². The smallest absolute Gasteiger partial charge is 0.305 e.